The van der Waals surface area contributed by atoms with E-state index in [-0.39, 0.29) is 10.6 Å². The van der Waals surface area contributed by atoms with Gasteiger partial charge in [-0.25, -0.2) is 0 Å². The maximum absolute atomic E-state index is 11.3. The number of nitro benzene ring substituents is 1. The number of nitrogens with zero attached hydrogens (tertiary/aromatic N) is 1. The smallest absolute Gasteiger partial charge is 0.258 e. The van der Waals surface area contributed by atoms with Gasteiger partial charge in [-0.3, -0.25) is 10.1 Å². The molecular formula is C16H15NO2S3. The minimum absolute atomic E-state index is 0.184. The van der Waals surface area contributed by atoms with E-state index < -0.39 is 0 Å². The molecule has 22 heavy (non-hydrogen) atoms. The minimum atomic E-state index is -0.295. The molecule has 2 aromatic carbocycles. The summed E-state index contributed by atoms with van der Waals surface area (Å²) in [7, 11) is 0. The molecule has 3 nitrogen and oxygen atoms in total. The van der Waals surface area contributed by atoms with Gasteiger partial charge >= 0.3 is 0 Å². The monoisotopic (exact) mass is 349 g/mol. The number of benzene rings is 2. The fourth-order valence-corrected chi connectivity index (χ4v) is 6.07. The van der Waals surface area contributed by atoms with E-state index in [4.69, 9.17) is 0 Å². The quantitative estimate of drug-likeness (QED) is 0.530. The molecule has 0 N–H and O–H groups in total. The molecule has 1 aliphatic rings. The number of thioether (sulfide) groups is 2. The third-order valence-electron chi connectivity index (χ3n) is 3.25. The van der Waals surface area contributed by atoms with Gasteiger partial charge in [0.2, 0.25) is 0 Å². The Morgan fingerprint density at radius 1 is 1.09 bits per heavy atom. The number of rotatable bonds is 4. The number of hydrogen-bond acceptors (Lipinski definition) is 5. The van der Waals surface area contributed by atoms with Crippen molar-refractivity contribution in [3.05, 3.63) is 64.2 Å². The maximum atomic E-state index is 11.3. The molecule has 0 amide bonds. The first kappa shape index (κ1) is 15.8. The second-order valence-corrected chi connectivity index (χ2v) is 8.67. The highest BCUT2D eigenvalue weighted by molar-refractivity contribution is 8.16. The molecule has 1 fully saturated rings. The maximum Gasteiger partial charge on any atom is 0.283 e. The summed E-state index contributed by atoms with van der Waals surface area (Å²) in [5.41, 5.74) is 1.36. The minimum Gasteiger partial charge on any atom is -0.258 e. The van der Waals surface area contributed by atoms with Gasteiger partial charge in [-0.15, -0.1) is 23.5 Å². The summed E-state index contributed by atoms with van der Waals surface area (Å²) >= 11 is 5.32. The zero-order valence-corrected chi connectivity index (χ0v) is 14.3. The van der Waals surface area contributed by atoms with Gasteiger partial charge in [0.1, 0.15) is 0 Å². The number of hydrogen-bond donors (Lipinski definition) is 0. The third kappa shape index (κ3) is 3.80. The van der Waals surface area contributed by atoms with Gasteiger partial charge in [0.25, 0.3) is 5.69 Å². The van der Waals surface area contributed by atoms with Crippen molar-refractivity contribution in [2.45, 2.75) is 20.8 Å². The first-order chi connectivity index (χ1) is 10.7. The molecule has 0 aromatic heterocycles. The van der Waals surface area contributed by atoms with Crippen LogP contribution in [-0.2, 0) is 0 Å². The van der Waals surface area contributed by atoms with Crippen LogP contribution in [0.25, 0.3) is 0 Å². The molecule has 1 aliphatic heterocycles. The molecule has 6 heteroatoms. The van der Waals surface area contributed by atoms with Crippen molar-refractivity contribution in [2.75, 3.05) is 11.5 Å². The van der Waals surface area contributed by atoms with Gasteiger partial charge in [0.15, 0.2) is 0 Å². The van der Waals surface area contributed by atoms with E-state index in [0.29, 0.717) is 4.58 Å². The van der Waals surface area contributed by atoms with Gasteiger partial charge in [0.05, 0.1) is 14.4 Å². The predicted octanol–water partition coefficient (Wildman–Crippen LogP) is 5.61. The summed E-state index contributed by atoms with van der Waals surface area (Å²) < 4.78 is 0.393. The highest BCUT2D eigenvalue weighted by Crippen LogP contribution is 2.46. The Bertz CT molecular complexity index is 658. The van der Waals surface area contributed by atoms with Crippen LogP contribution < -0.4 is 0 Å². The van der Waals surface area contributed by atoms with Gasteiger partial charge in [-0.1, -0.05) is 36.0 Å². The van der Waals surface area contributed by atoms with E-state index >= 15 is 0 Å². The third-order valence-corrected chi connectivity index (χ3v) is 7.32. The summed E-state index contributed by atoms with van der Waals surface area (Å²) in [5.74, 6) is 2.33. The van der Waals surface area contributed by atoms with Crippen molar-refractivity contribution < 1.29 is 4.92 Å². The molecule has 114 valence electrons. The van der Waals surface area contributed by atoms with Gasteiger partial charge in [0, 0.05) is 11.0 Å². The van der Waals surface area contributed by atoms with E-state index in [2.05, 4.69) is 0 Å². The van der Waals surface area contributed by atoms with E-state index in [1.54, 1.807) is 6.07 Å². The van der Waals surface area contributed by atoms with Gasteiger partial charge in [-0.05, 0) is 41.7 Å². The van der Waals surface area contributed by atoms with Crippen LogP contribution in [0.2, 0.25) is 0 Å². The first-order valence-electron chi connectivity index (χ1n) is 6.98. The normalized spacial score (nSPS) is 15.6. The molecule has 0 saturated carbocycles. The van der Waals surface area contributed by atoms with Crippen LogP contribution in [0.15, 0.2) is 58.3 Å². The largest absolute Gasteiger partial charge is 0.283 e. The van der Waals surface area contributed by atoms with Crippen molar-refractivity contribution in [3.63, 3.8) is 0 Å². The SMILES string of the molecule is O=[N+]([O-])c1ccc(C2SCCCS2)cc1Sc1ccccc1. The molecular weight excluding hydrogens is 334 g/mol. The molecule has 0 radical (unpaired) electrons. The van der Waals surface area contributed by atoms with Crippen LogP contribution in [0.5, 0.6) is 0 Å². The molecule has 3 rings (SSSR count). The molecule has 0 atom stereocenters. The predicted molar refractivity (Wildman–Crippen MR) is 95.9 cm³/mol. The lowest BCUT2D eigenvalue weighted by atomic mass is 10.2. The Morgan fingerprint density at radius 3 is 2.50 bits per heavy atom. The Balaban J connectivity index is 1.92. The summed E-state index contributed by atoms with van der Waals surface area (Å²) in [5, 5.41) is 11.3. The van der Waals surface area contributed by atoms with Crippen molar-refractivity contribution in [2.24, 2.45) is 0 Å². The summed E-state index contributed by atoms with van der Waals surface area (Å²) in [4.78, 5) is 12.7. The molecule has 0 aliphatic carbocycles. The Kier molecular flexibility index (Phi) is 5.33. The second-order valence-electron chi connectivity index (χ2n) is 4.83. The van der Waals surface area contributed by atoms with E-state index in [1.807, 2.05) is 66.0 Å². The molecule has 1 heterocycles. The fourth-order valence-electron chi connectivity index (χ4n) is 2.21. The molecule has 0 spiro atoms. The molecule has 0 unspecified atom stereocenters. The van der Waals surface area contributed by atoms with Crippen LogP contribution in [-0.4, -0.2) is 16.4 Å². The Labute approximate surface area is 142 Å². The van der Waals surface area contributed by atoms with Crippen LogP contribution in [0.4, 0.5) is 5.69 Å². The zero-order chi connectivity index (χ0) is 15.4. The first-order valence-corrected chi connectivity index (χ1v) is 9.90. The van der Waals surface area contributed by atoms with Crippen molar-refractivity contribution in [3.8, 4) is 0 Å². The zero-order valence-electron chi connectivity index (χ0n) is 11.8. The van der Waals surface area contributed by atoms with E-state index in [9.17, 15) is 10.1 Å². The van der Waals surface area contributed by atoms with Crippen molar-refractivity contribution >= 4 is 41.0 Å². The lowest BCUT2D eigenvalue weighted by Gasteiger charge is -2.21. The highest BCUT2D eigenvalue weighted by Gasteiger charge is 2.21. The Hall–Kier alpha value is -1.11. The fraction of sp³-hybridized carbons (Fsp3) is 0.250. The van der Waals surface area contributed by atoms with Crippen LogP contribution in [0.3, 0.4) is 0 Å². The standard InChI is InChI=1S/C16H15NO2S3/c18-17(19)14-8-7-12(16-20-9-4-10-21-16)11-15(14)22-13-5-2-1-3-6-13/h1-3,5-8,11,16H,4,9-10H2. The highest BCUT2D eigenvalue weighted by atomic mass is 32.2. The van der Waals surface area contributed by atoms with E-state index in [0.717, 1.165) is 21.3 Å². The van der Waals surface area contributed by atoms with Gasteiger partial charge < -0.3 is 0 Å². The van der Waals surface area contributed by atoms with E-state index in [1.165, 1.54) is 23.7 Å². The molecule has 0 bridgehead atoms. The summed E-state index contributed by atoms with van der Waals surface area (Å²) in [6.45, 7) is 0. The topological polar surface area (TPSA) is 43.1 Å². The van der Waals surface area contributed by atoms with Gasteiger partial charge in [-0.2, -0.15) is 0 Å². The average molecular weight is 350 g/mol. The second kappa shape index (κ2) is 7.44. The lowest BCUT2D eigenvalue weighted by Crippen LogP contribution is -2.01. The van der Waals surface area contributed by atoms with Crippen molar-refractivity contribution in [1.82, 2.24) is 0 Å². The average Bonchev–Trinajstić information content (AvgIpc) is 2.56. The van der Waals surface area contributed by atoms with Crippen molar-refractivity contribution in [1.29, 1.82) is 0 Å². The number of nitro groups is 1. The van der Waals surface area contributed by atoms with Crippen LogP contribution in [0, 0.1) is 10.1 Å². The lowest BCUT2D eigenvalue weighted by molar-refractivity contribution is -0.387. The van der Waals surface area contributed by atoms with Crippen LogP contribution in [0.1, 0.15) is 16.6 Å². The van der Waals surface area contributed by atoms with Crippen LogP contribution >= 0.6 is 35.3 Å². The molecule has 1 saturated heterocycles. The summed E-state index contributed by atoms with van der Waals surface area (Å²) in [6.07, 6.45) is 1.24. The Morgan fingerprint density at radius 2 is 1.82 bits per heavy atom. The summed E-state index contributed by atoms with van der Waals surface area (Å²) in [6, 6.07) is 15.3. The molecule has 2 aromatic rings.